The normalized spacial score (nSPS) is 17.5. The topological polar surface area (TPSA) is 24.9 Å². The van der Waals surface area contributed by atoms with Crippen molar-refractivity contribution in [3.05, 3.63) is 15.6 Å². The summed E-state index contributed by atoms with van der Waals surface area (Å²) >= 11 is 1.93. The van der Waals surface area contributed by atoms with E-state index >= 15 is 0 Å². The summed E-state index contributed by atoms with van der Waals surface area (Å²) in [6.07, 6.45) is 6.58. The van der Waals surface area contributed by atoms with Crippen LogP contribution < -0.4 is 5.32 Å². The van der Waals surface area contributed by atoms with Crippen molar-refractivity contribution in [2.75, 3.05) is 7.05 Å². The van der Waals surface area contributed by atoms with Crippen molar-refractivity contribution in [2.24, 2.45) is 0 Å². The van der Waals surface area contributed by atoms with Crippen LogP contribution in [0.1, 0.15) is 54.1 Å². The molecule has 1 heterocycles. The summed E-state index contributed by atoms with van der Waals surface area (Å²) in [5, 5.41) is 4.63. The van der Waals surface area contributed by atoms with Crippen molar-refractivity contribution in [1.82, 2.24) is 10.3 Å². The lowest BCUT2D eigenvalue weighted by molar-refractivity contribution is 0.711. The molecule has 1 aromatic heterocycles. The van der Waals surface area contributed by atoms with Crippen LogP contribution in [0.5, 0.6) is 0 Å². The second-order valence-electron chi connectivity index (χ2n) is 4.29. The minimum atomic E-state index is 0.769. The molecule has 0 bridgehead atoms. The molecule has 0 aromatic carbocycles. The molecule has 1 aromatic rings. The highest BCUT2D eigenvalue weighted by Gasteiger charge is 2.21. The molecule has 1 saturated carbocycles. The van der Waals surface area contributed by atoms with E-state index < -0.39 is 0 Å². The highest BCUT2D eigenvalue weighted by molar-refractivity contribution is 7.11. The SMILES string of the molecule is CCc1nc(C2CCCC2)sc1CNC. The molecule has 0 atom stereocenters. The molecule has 3 heteroatoms. The lowest BCUT2D eigenvalue weighted by atomic mass is 10.1. The van der Waals surface area contributed by atoms with E-state index in [1.165, 1.54) is 41.3 Å². The molecule has 1 aliphatic carbocycles. The predicted octanol–water partition coefficient (Wildman–Crippen LogP) is 3.08. The number of thiazole rings is 1. The molecule has 2 nitrogen and oxygen atoms in total. The van der Waals surface area contributed by atoms with Crippen LogP contribution in [0, 0.1) is 0 Å². The molecular weight excluding hydrogens is 204 g/mol. The molecule has 0 unspecified atom stereocenters. The van der Waals surface area contributed by atoms with Gasteiger partial charge in [0.1, 0.15) is 0 Å². The van der Waals surface area contributed by atoms with Gasteiger partial charge in [-0.2, -0.15) is 0 Å². The van der Waals surface area contributed by atoms with Gasteiger partial charge in [-0.15, -0.1) is 11.3 Å². The van der Waals surface area contributed by atoms with Crippen LogP contribution in [0.25, 0.3) is 0 Å². The number of nitrogens with zero attached hydrogens (tertiary/aromatic N) is 1. The van der Waals surface area contributed by atoms with E-state index in [1.54, 1.807) is 0 Å². The van der Waals surface area contributed by atoms with Crippen LogP contribution in [0.15, 0.2) is 0 Å². The van der Waals surface area contributed by atoms with Crippen LogP contribution in [-0.4, -0.2) is 12.0 Å². The number of rotatable bonds is 4. The summed E-state index contributed by atoms with van der Waals surface area (Å²) in [6, 6.07) is 0. The fraction of sp³-hybridized carbons (Fsp3) is 0.750. The van der Waals surface area contributed by atoms with Gasteiger partial charge in [-0.3, -0.25) is 0 Å². The largest absolute Gasteiger partial charge is 0.315 e. The zero-order chi connectivity index (χ0) is 10.7. The monoisotopic (exact) mass is 224 g/mol. The maximum atomic E-state index is 4.81. The van der Waals surface area contributed by atoms with Gasteiger partial charge in [0.25, 0.3) is 0 Å². The van der Waals surface area contributed by atoms with Gasteiger partial charge in [0.15, 0.2) is 0 Å². The second-order valence-corrected chi connectivity index (χ2v) is 5.40. The Labute approximate surface area is 96.1 Å². The third kappa shape index (κ3) is 2.40. The Balaban J connectivity index is 2.17. The van der Waals surface area contributed by atoms with Gasteiger partial charge in [0, 0.05) is 17.3 Å². The molecule has 1 aliphatic rings. The van der Waals surface area contributed by atoms with Crippen LogP contribution in [0.2, 0.25) is 0 Å². The summed E-state index contributed by atoms with van der Waals surface area (Å²) in [6.45, 7) is 3.18. The van der Waals surface area contributed by atoms with Crippen LogP contribution in [-0.2, 0) is 13.0 Å². The third-order valence-corrected chi connectivity index (χ3v) is 4.43. The molecule has 2 rings (SSSR count). The summed E-state index contributed by atoms with van der Waals surface area (Å²) in [5.74, 6) is 0.769. The van der Waals surface area contributed by atoms with Crippen LogP contribution in [0.3, 0.4) is 0 Å². The van der Waals surface area contributed by atoms with E-state index in [-0.39, 0.29) is 0 Å². The molecule has 0 radical (unpaired) electrons. The maximum absolute atomic E-state index is 4.81. The van der Waals surface area contributed by atoms with Gasteiger partial charge in [-0.05, 0) is 26.3 Å². The Morgan fingerprint density at radius 3 is 2.73 bits per heavy atom. The van der Waals surface area contributed by atoms with E-state index in [9.17, 15) is 0 Å². The number of hydrogen-bond donors (Lipinski definition) is 1. The van der Waals surface area contributed by atoms with Crippen molar-refractivity contribution in [1.29, 1.82) is 0 Å². The Bertz CT molecular complexity index is 313. The first kappa shape index (κ1) is 11.1. The van der Waals surface area contributed by atoms with Gasteiger partial charge < -0.3 is 5.32 Å². The average molecular weight is 224 g/mol. The molecular formula is C12H20N2S. The molecule has 0 spiro atoms. The predicted molar refractivity (Wildman–Crippen MR) is 65.5 cm³/mol. The maximum Gasteiger partial charge on any atom is 0.0962 e. The van der Waals surface area contributed by atoms with Gasteiger partial charge >= 0.3 is 0 Å². The van der Waals surface area contributed by atoms with Crippen LogP contribution in [0.4, 0.5) is 0 Å². The molecule has 1 N–H and O–H groups in total. The fourth-order valence-corrected chi connectivity index (χ4v) is 3.66. The Morgan fingerprint density at radius 2 is 2.13 bits per heavy atom. The average Bonchev–Trinajstić information content (AvgIpc) is 2.84. The van der Waals surface area contributed by atoms with Crippen molar-refractivity contribution >= 4 is 11.3 Å². The molecule has 15 heavy (non-hydrogen) atoms. The minimum Gasteiger partial charge on any atom is -0.315 e. The zero-order valence-electron chi connectivity index (χ0n) is 9.68. The van der Waals surface area contributed by atoms with Crippen molar-refractivity contribution in [2.45, 2.75) is 51.5 Å². The van der Waals surface area contributed by atoms with E-state index in [2.05, 4.69) is 12.2 Å². The van der Waals surface area contributed by atoms with E-state index in [1.807, 2.05) is 18.4 Å². The lowest BCUT2D eigenvalue weighted by Gasteiger charge is -2.02. The molecule has 1 fully saturated rings. The zero-order valence-corrected chi connectivity index (χ0v) is 10.5. The number of nitrogens with one attached hydrogen (secondary N) is 1. The molecule has 84 valence electrons. The van der Waals surface area contributed by atoms with Crippen molar-refractivity contribution in [3.8, 4) is 0 Å². The highest BCUT2D eigenvalue weighted by atomic mass is 32.1. The highest BCUT2D eigenvalue weighted by Crippen LogP contribution is 2.37. The van der Waals surface area contributed by atoms with E-state index in [0.717, 1.165) is 18.9 Å². The Morgan fingerprint density at radius 1 is 1.40 bits per heavy atom. The first-order valence-electron chi connectivity index (χ1n) is 5.98. The van der Waals surface area contributed by atoms with Crippen LogP contribution >= 0.6 is 11.3 Å². The third-order valence-electron chi connectivity index (χ3n) is 3.17. The van der Waals surface area contributed by atoms with E-state index in [4.69, 9.17) is 4.98 Å². The van der Waals surface area contributed by atoms with E-state index in [0.29, 0.717) is 0 Å². The first-order valence-corrected chi connectivity index (χ1v) is 6.79. The smallest absolute Gasteiger partial charge is 0.0962 e. The summed E-state index contributed by atoms with van der Waals surface area (Å²) < 4.78 is 0. The fourth-order valence-electron chi connectivity index (χ4n) is 2.33. The number of aryl methyl sites for hydroxylation is 1. The molecule has 0 amide bonds. The molecule has 0 saturated heterocycles. The molecule has 0 aliphatic heterocycles. The van der Waals surface area contributed by atoms with Crippen molar-refractivity contribution < 1.29 is 0 Å². The lowest BCUT2D eigenvalue weighted by Crippen LogP contribution is -2.05. The Hall–Kier alpha value is -0.410. The minimum absolute atomic E-state index is 0.769. The Kier molecular flexibility index (Phi) is 3.76. The van der Waals surface area contributed by atoms with Crippen molar-refractivity contribution in [3.63, 3.8) is 0 Å². The van der Waals surface area contributed by atoms with Gasteiger partial charge in [-0.1, -0.05) is 19.8 Å². The van der Waals surface area contributed by atoms with Gasteiger partial charge in [0.05, 0.1) is 10.7 Å². The van der Waals surface area contributed by atoms with Gasteiger partial charge in [-0.25, -0.2) is 4.98 Å². The summed E-state index contributed by atoms with van der Waals surface area (Å²) in [5.41, 5.74) is 1.32. The summed E-state index contributed by atoms with van der Waals surface area (Å²) in [4.78, 5) is 6.25. The summed E-state index contributed by atoms with van der Waals surface area (Å²) in [7, 11) is 2.01. The number of aromatic nitrogens is 1. The number of hydrogen-bond acceptors (Lipinski definition) is 3. The quantitative estimate of drug-likeness (QED) is 0.850. The van der Waals surface area contributed by atoms with Gasteiger partial charge in [0.2, 0.25) is 0 Å². The first-order chi connectivity index (χ1) is 7.35. The standard InChI is InChI=1S/C12H20N2S/c1-3-10-11(8-13-2)15-12(14-10)9-6-4-5-7-9/h9,13H,3-8H2,1-2H3. The second kappa shape index (κ2) is 5.08.